The molecule has 0 saturated heterocycles. The zero-order chi connectivity index (χ0) is 13.8. The van der Waals surface area contributed by atoms with E-state index in [0.717, 1.165) is 5.92 Å². The number of nitrogens with one attached hydrogen (secondary N) is 1. The van der Waals surface area contributed by atoms with E-state index in [4.69, 9.17) is 5.73 Å². The first kappa shape index (κ1) is 12.8. The fraction of sp³-hybridized carbons (Fsp3) is 0.625. The molecule has 3 heteroatoms. The van der Waals surface area contributed by atoms with E-state index < -0.39 is 0 Å². The Morgan fingerprint density at radius 3 is 2.63 bits per heavy atom. The quantitative estimate of drug-likeness (QED) is 0.790. The Balaban J connectivity index is 1.90. The van der Waals surface area contributed by atoms with Crippen molar-refractivity contribution in [3.63, 3.8) is 0 Å². The molecule has 1 aromatic carbocycles. The molecule has 19 heavy (non-hydrogen) atoms. The highest BCUT2D eigenvalue weighted by molar-refractivity contribution is 5.54. The third kappa shape index (κ3) is 1.82. The highest BCUT2D eigenvalue weighted by atomic mass is 19.1. The van der Waals surface area contributed by atoms with Crippen LogP contribution in [0.5, 0.6) is 0 Å². The smallest absolute Gasteiger partial charge is 0.148 e. The summed E-state index contributed by atoms with van der Waals surface area (Å²) in [6, 6.07) is 5.24. The van der Waals surface area contributed by atoms with Crippen molar-refractivity contribution in [1.29, 1.82) is 0 Å². The summed E-state index contributed by atoms with van der Waals surface area (Å²) >= 11 is 0. The van der Waals surface area contributed by atoms with Gasteiger partial charge in [-0.3, -0.25) is 0 Å². The molecule has 0 aliphatic heterocycles. The second-order valence-electron chi connectivity index (χ2n) is 7.23. The summed E-state index contributed by atoms with van der Waals surface area (Å²) in [7, 11) is 0. The Labute approximate surface area is 114 Å². The van der Waals surface area contributed by atoms with Crippen LogP contribution in [0.15, 0.2) is 18.2 Å². The number of rotatable bonds is 2. The lowest BCUT2D eigenvalue weighted by Crippen LogP contribution is -2.45. The van der Waals surface area contributed by atoms with E-state index in [2.05, 4.69) is 26.1 Å². The van der Waals surface area contributed by atoms with Crippen LogP contribution in [0.2, 0.25) is 0 Å². The molecule has 0 radical (unpaired) electrons. The summed E-state index contributed by atoms with van der Waals surface area (Å²) in [6.07, 6.45) is 3.81. The summed E-state index contributed by atoms with van der Waals surface area (Å²) in [5.41, 5.74) is 7.18. The van der Waals surface area contributed by atoms with Crippen molar-refractivity contribution in [2.24, 2.45) is 16.7 Å². The number of anilines is 2. The third-order valence-electron chi connectivity index (χ3n) is 5.56. The van der Waals surface area contributed by atoms with Crippen molar-refractivity contribution in [3.05, 3.63) is 24.0 Å². The first-order valence-corrected chi connectivity index (χ1v) is 7.14. The summed E-state index contributed by atoms with van der Waals surface area (Å²) < 4.78 is 14.0. The van der Waals surface area contributed by atoms with Gasteiger partial charge in [0.15, 0.2) is 0 Å². The zero-order valence-electron chi connectivity index (χ0n) is 12.0. The van der Waals surface area contributed by atoms with Crippen LogP contribution in [0.3, 0.4) is 0 Å². The largest absolute Gasteiger partial charge is 0.399 e. The average Bonchev–Trinajstić information content (AvgIpc) is 2.78. The first-order valence-electron chi connectivity index (χ1n) is 7.14. The van der Waals surface area contributed by atoms with Gasteiger partial charge in [0.05, 0.1) is 5.69 Å². The second kappa shape index (κ2) is 3.87. The van der Waals surface area contributed by atoms with Gasteiger partial charge in [0, 0.05) is 11.7 Å². The molecule has 3 atom stereocenters. The Bertz CT molecular complexity index is 507. The summed E-state index contributed by atoms with van der Waals surface area (Å²) in [5, 5.41) is 3.47. The molecular formula is C16H23FN2. The summed E-state index contributed by atoms with van der Waals surface area (Å²) in [5.74, 6) is 0.508. The zero-order valence-corrected chi connectivity index (χ0v) is 12.0. The van der Waals surface area contributed by atoms with Gasteiger partial charge < -0.3 is 11.1 Å². The minimum absolute atomic E-state index is 0.223. The fourth-order valence-electron chi connectivity index (χ4n) is 4.47. The number of nitrogens with two attached hydrogens (primary N) is 1. The molecule has 3 unspecified atom stereocenters. The van der Waals surface area contributed by atoms with Gasteiger partial charge in [-0.05, 0) is 54.2 Å². The van der Waals surface area contributed by atoms with Crippen molar-refractivity contribution in [1.82, 2.24) is 0 Å². The molecule has 2 aliphatic rings. The number of hydrogen-bond donors (Lipinski definition) is 2. The average molecular weight is 262 g/mol. The lowest BCUT2D eigenvalue weighted by molar-refractivity contribution is 0.155. The van der Waals surface area contributed by atoms with Crippen molar-refractivity contribution in [2.45, 2.75) is 46.1 Å². The molecule has 0 spiro atoms. The summed E-state index contributed by atoms with van der Waals surface area (Å²) in [4.78, 5) is 0. The van der Waals surface area contributed by atoms with Crippen molar-refractivity contribution in [2.75, 3.05) is 11.1 Å². The molecule has 1 aromatic rings. The van der Waals surface area contributed by atoms with Gasteiger partial charge in [-0.15, -0.1) is 0 Å². The van der Waals surface area contributed by atoms with Gasteiger partial charge in [0.2, 0.25) is 0 Å². The lowest BCUT2D eigenvalue weighted by Gasteiger charge is -2.43. The minimum Gasteiger partial charge on any atom is -0.399 e. The molecule has 0 heterocycles. The monoisotopic (exact) mass is 262 g/mol. The van der Waals surface area contributed by atoms with E-state index in [0.29, 0.717) is 22.8 Å². The van der Waals surface area contributed by atoms with Gasteiger partial charge >= 0.3 is 0 Å². The maximum absolute atomic E-state index is 14.0. The Kier molecular flexibility index (Phi) is 2.60. The van der Waals surface area contributed by atoms with Gasteiger partial charge in [0.25, 0.3) is 0 Å². The molecule has 104 valence electrons. The Hall–Kier alpha value is -1.25. The Morgan fingerprint density at radius 1 is 1.32 bits per heavy atom. The number of nitrogen functional groups attached to an aromatic ring is 1. The van der Waals surface area contributed by atoms with E-state index in [9.17, 15) is 4.39 Å². The highest BCUT2D eigenvalue weighted by Gasteiger charge is 2.59. The number of hydrogen-bond acceptors (Lipinski definition) is 2. The van der Waals surface area contributed by atoms with Gasteiger partial charge in [-0.2, -0.15) is 0 Å². The Morgan fingerprint density at radius 2 is 2.05 bits per heavy atom. The van der Waals surface area contributed by atoms with E-state index in [1.807, 2.05) is 0 Å². The van der Waals surface area contributed by atoms with Crippen molar-refractivity contribution in [3.8, 4) is 0 Å². The topological polar surface area (TPSA) is 38.0 Å². The normalized spacial score (nSPS) is 35.6. The molecule has 3 rings (SSSR count). The first-order chi connectivity index (χ1) is 8.83. The maximum atomic E-state index is 14.0. The molecule has 2 nitrogen and oxygen atoms in total. The maximum Gasteiger partial charge on any atom is 0.148 e. The number of halogens is 1. The lowest BCUT2D eigenvalue weighted by atomic mass is 9.68. The molecule has 0 aromatic heterocycles. The molecule has 2 aliphatic carbocycles. The second-order valence-corrected chi connectivity index (χ2v) is 7.23. The number of fused-ring (bicyclic) bond motifs is 2. The van der Waals surface area contributed by atoms with Gasteiger partial charge in [-0.1, -0.05) is 20.8 Å². The van der Waals surface area contributed by atoms with Crippen LogP contribution in [0.25, 0.3) is 0 Å². The third-order valence-corrected chi connectivity index (χ3v) is 5.56. The van der Waals surface area contributed by atoms with Crippen LogP contribution in [-0.2, 0) is 0 Å². The fourth-order valence-corrected chi connectivity index (χ4v) is 4.47. The van der Waals surface area contributed by atoms with Crippen LogP contribution in [-0.4, -0.2) is 6.04 Å². The van der Waals surface area contributed by atoms with E-state index >= 15 is 0 Å². The highest BCUT2D eigenvalue weighted by Crippen LogP contribution is 2.63. The van der Waals surface area contributed by atoms with Gasteiger partial charge in [-0.25, -0.2) is 4.39 Å². The summed E-state index contributed by atoms with van der Waals surface area (Å²) in [6.45, 7) is 6.97. The SMILES string of the molecule is CC12CCC(C1)C(C)(C)C2Nc1ccc(N)cc1F. The molecular weight excluding hydrogens is 239 g/mol. The minimum atomic E-state index is -0.248. The van der Waals surface area contributed by atoms with Crippen LogP contribution in [0.1, 0.15) is 40.0 Å². The van der Waals surface area contributed by atoms with Crippen LogP contribution < -0.4 is 11.1 Å². The predicted molar refractivity (Wildman–Crippen MR) is 77.5 cm³/mol. The molecule has 2 fully saturated rings. The van der Waals surface area contributed by atoms with E-state index in [1.54, 1.807) is 12.1 Å². The van der Waals surface area contributed by atoms with E-state index in [1.165, 1.54) is 25.3 Å². The number of benzene rings is 1. The predicted octanol–water partition coefficient (Wildman–Crippen LogP) is 4.03. The molecule has 0 amide bonds. The standard InChI is InChI=1S/C16H23FN2/c1-15(2)10-6-7-16(3,9-10)14(15)19-13-5-4-11(18)8-12(13)17/h4-5,8,10,14,19H,6-7,9,18H2,1-3H3. The van der Waals surface area contributed by atoms with Crippen LogP contribution >= 0.6 is 0 Å². The van der Waals surface area contributed by atoms with E-state index in [-0.39, 0.29) is 11.2 Å². The van der Waals surface area contributed by atoms with Crippen molar-refractivity contribution >= 4 is 11.4 Å². The van der Waals surface area contributed by atoms with Crippen molar-refractivity contribution < 1.29 is 4.39 Å². The van der Waals surface area contributed by atoms with Gasteiger partial charge in [0.1, 0.15) is 5.82 Å². The molecule has 2 saturated carbocycles. The molecule has 3 N–H and O–H groups in total. The van der Waals surface area contributed by atoms with Crippen LogP contribution in [0.4, 0.5) is 15.8 Å². The van der Waals surface area contributed by atoms with Crippen LogP contribution in [0, 0.1) is 22.6 Å². The molecule has 2 bridgehead atoms.